The second kappa shape index (κ2) is 12.5. The molecule has 1 unspecified atom stereocenters. The smallest absolute Gasteiger partial charge is 0.244 e. The molecule has 0 saturated heterocycles. The van der Waals surface area contributed by atoms with Crippen LogP contribution in [0.5, 0.6) is 5.75 Å². The summed E-state index contributed by atoms with van der Waals surface area (Å²) in [4.78, 5) is 27.9. The van der Waals surface area contributed by atoms with Crippen LogP contribution < -0.4 is 14.4 Å². The predicted octanol–water partition coefficient (Wildman–Crippen LogP) is 3.32. The molecule has 2 rings (SSSR count). The van der Waals surface area contributed by atoms with Crippen LogP contribution in [0.4, 0.5) is 10.1 Å². The number of hydrogen-bond donors (Lipinski definition) is 1. The third-order valence-electron chi connectivity index (χ3n) is 5.20. The molecule has 1 N–H and O–H groups in total. The van der Waals surface area contributed by atoms with Gasteiger partial charge in [0.2, 0.25) is 21.8 Å². The number of carbonyl (C=O) groups excluding carboxylic acids is 2. The van der Waals surface area contributed by atoms with Crippen molar-refractivity contribution in [1.82, 2.24) is 10.2 Å². The standard InChI is InChI=1S/C25H34FN3O5S/c1-6-21(25(31)27-18(3)4)28(16-19-12-14-20(26)15-13-19)24(30)17-29(35(5,32)33)22-10-8-9-11-23(22)34-7-2/h8-15,18,21H,6-7,16-17H2,1-5H3,(H,27,31). The average Bonchev–Trinajstić information content (AvgIpc) is 2.78. The molecular weight excluding hydrogens is 473 g/mol. The van der Waals surface area contributed by atoms with E-state index in [1.807, 2.05) is 13.8 Å². The summed E-state index contributed by atoms with van der Waals surface area (Å²) in [7, 11) is -3.88. The molecule has 0 saturated carbocycles. The molecule has 2 amide bonds. The molecular formula is C25H34FN3O5S. The summed E-state index contributed by atoms with van der Waals surface area (Å²) in [5, 5.41) is 2.82. The Morgan fingerprint density at radius 2 is 1.69 bits per heavy atom. The highest BCUT2D eigenvalue weighted by atomic mass is 32.2. The Labute approximate surface area is 207 Å². The lowest BCUT2D eigenvalue weighted by molar-refractivity contribution is -0.140. The van der Waals surface area contributed by atoms with Gasteiger partial charge in [-0.25, -0.2) is 12.8 Å². The van der Waals surface area contributed by atoms with E-state index in [-0.39, 0.29) is 24.2 Å². The average molecular weight is 508 g/mol. The molecule has 0 bridgehead atoms. The molecule has 0 spiro atoms. The fourth-order valence-electron chi connectivity index (χ4n) is 3.62. The summed E-state index contributed by atoms with van der Waals surface area (Å²) < 4.78 is 45.5. The van der Waals surface area contributed by atoms with Gasteiger partial charge in [0, 0.05) is 12.6 Å². The first-order valence-electron chi connectivity index (χ1n) is 11.5. The summed E-state index contributed by atoms with van der Waals surface area (Å²) in [5.41, 5.74) is 0.836. The highest BCUT2D eigenvalue weighted by molar-refractivity contribution is 7.92. The number of amides is 2. The van der Waals surface area contributed by atoms with Gasteiger partial charge in [-0.05, 0) is 57.0 Å². The zero-order valence-corrected chi connectivity index (χ0v) is 21.6. The van der Waals surface area contributed by atoms with Crippen molar-refractivity contribution in [3.8, 4) is 5.75 Å². The van der Waals surface area contributed by atoms with E-state index in [9.17, 15) is 22.4 Å². The highest BCUT2D eigenvalue weighted by Gasteiger charge is 2.32. The Kier molecular flexibility index (Phi) is 10.1. The first kappa shape index (κ1) is 28.1. The molecule has 0 fully saturated rings. The molecule has 8 nitrogen and oxygen atoms in total. The van der Waals surface area contributed by atoms with E-state index < -0.39 is 34.3 Å². The van der Waals surface area contributed by atoms with Crippen molar-refractivity contribution < 1.29 is 27.1 Å². The monoisotopic (exact) mass is 507 g/mol. The van der Waals surface area contributed by atoms with Crippen LogP contribution in [0, 0.1) is 5.82 Å². The molecule has 2 aromatic rings. The maximum atomic E-state index is 13.6. The fraction of sp³-hybridized carbons (Fsp3) is 0.440. The maximum Gasteiger partial charge on any atom is 0.244 e. The second-order valence-corrected chi connectivity index (χ2v) is 10.3. The predicted molar refractivity (Wildman–Crippen MR) is 134 cm³/mol. The number of anilines is 1. The van der Waals surface area contributed by atoms with Crippen LogP contribution in [-0.2, 0) is 26.2 Å². The number of nitrogens with zero attached hydrogens (tertiary/aromatic N) is 2. The first-order chi connectivity index (χ1) is 16.5. The van der Waals surface area contributed by atoms with E-state index in [4.69, 9.17) is 4.74 Å². The quantitative estimate of drug-likeness (QED) is 0.476. The van der Waals surface area contributed by atoms with Crippen molar-refractivity contribution in [3.05, 3.63) is 59.9 Å². The van der Waals surface area contributed by atoms with Gasteiger partial charge < -0.3 is 15.0 Å². The van der Waals surface area contributed by atoms with E-state index in [0.717, 1.165) is 10.6 Å². The first-order valence-corrected chi connectivity index (χ1v) is 13.4. The number of ether oxygens (including phenoxy) is 1. The fourth-order valence-corrected chi connectivity index (χ4v) is 4.48. The van der Waals surface area contributed by atoms with Gasteiger partial charge in [-0.3, -0.25) is 13.9 Å². The van der Waals surface area contributed by atoms with Crippen LogP contribution in [0.3, 0.4) is 0 Å². The number of benzene rings is 2. The third kappa shape index (κ3) is 7.95. The highest BCUT2D eigenvalue weighted by Crippen LogP contribution is 2.30. The van der Waals surface area contributed by atoms with E-state index >= 15 is 0 Å². The number of carbonyl (C=O) groups is 2. The van der Waals surface area contributed by atoms with Crippen molar-refractivity contribution in [2.75, 3.05) is 23.7 Å². The minimum Gasteiger partial charge on any atom is -0.492 e. The number of sulfonamides is 1. The van der Waals surface area contributed by atoms with Crippen molar-refractivity contribution in [2.24, 2.45) is 0 Å². The number of para-hydroxylation sites is 2. The summed E-state index contributed by atoms with van der Waals surface area (Å²) in [6.07, 6.45) is 1.32. The number of halogens is 1. The largest absolute Gasteiger partial charge is 0.492 e. The summed E-state index contributed by atoms with van der Waals surface area (Å²) in [6, 6.07) is 11.2. The number of rotatable bonds is 12. The second-order valence-electron chi connectivity index (χ2n) is 8.41. The summed E-state index contributed by atoms with van der Waals surface area (Å²) >= 11 is 0. The van der Waals surface area contributed by atoms with E-state index in [1.165, 1.54) is 29.2 Å². The Hall–Kier alpha value is -3.14. The van der Waals surface area contributed by atoms with Crippen LogP contribution in [0.1, 0.15) is 39.7 Å². The van der Waals surface area contributed by atoms with Crippen molar-refractivity contribution in [1.29, 1.82) is 0 Å². The van der Waals surface area contributed by atoms with Crippen LogP contribution in [0.25, 0.3) is 0 Å². The molecule has 192 valence electrons. The molecule has 35 heavy (non-hydrogen) atoms. The Morgan fingerprint density at radius 3 is 2.23 bits per heavy atom. The molecule has 0 heterocycles. The van der Waals surface area contributed by atoms with Crippen LogP contribution in [0.2, 0.25) is 0 Å². The SMILES string of the molecule is CCOc1ccccc1N(CC(=O)N(Cc1ccc(F)cc1)C(CC)C(=O)NC(C)C)S(C)(=O)=O. The van der Waals surface area contributed by atoms with Gasteiger partial charge in [0.15, 0.2) is 0 Å². The lowest BCUT2D eigenvalue weighted by Gasteiger charge is -2.33. The van der Waals surface area contributed by atoms with Crippen molar-refractivity contribution in [2.45, 2.75) is 52.7 Å². The molecule has 0 radical (unpaired) electrons. The lowest BCUT2D eigenvalue weighted by atomic mass is 10.1. The maximum absolute atomic E-state index is 13.6. The third-order valence-corrected chi connectivity index (χ3v) is 6.32. The summed E-state index contributed by atoms with van der Waals surface area (Å²) in [5.74, 6) is -1.02. The van der Waals surface area contributed by atoms with E-state index in [1.54, 1.807) is 38.1 Å². The molecule has 1 atom stereocenters. The normalized spacial score (nSPS) is 12.2. The minimum absolute atomic E-state index is 0.00778. The van der Waals surface area contributed by atoms with Crippen LogP contribution in [-0.4, -0.2) is 56.6 Å². The molecule has 0 aromatic heterocycles. The topological polar surface area (TPSA) is 96.0 Å². The zero-order valence-electron chi connectivity index (χ0n) is 20.8. The van der Waals surface area contributed by atoms with Gasteiger partial charge in [0.05, 0.1) is 18.6 Å². The van der Waals surface area contributed by atoms with E-state index in [0.29, 0.717) is 24.3 Å². The Bertz CT molecular complexity index is 1110. The molecule has 0 aliphatic rings. The van der Waals surface area contributed by atoms with Gasteiger partial charge in [-0.1, -0.05) is 31.2 Å². The van der Waals surface area contributed by atoms with Crippen LogP contribution in [0.15, 0.2) is 48.5 Å². The molecule has 10 heteroatoms. The Morgan fingerprint density at radius 1 is 1.06 bits per heavy atom. The zero-order chi connectivity index (χ0) is 26.2. The lowest BCUT2D eigenvalue weighted by Crippen LogP contribution is -2.53. The minimum atomic E-state index is -3.88. The molecule has 2 aromatic carbocycles. The van der Waals surface area contributed by atoms with Gasteiger partial charge in [0.1, 0.15) is 24.2 Å². The number of hydrogen-bond acceptors (Lipinski definition) is 5. The van der Waals surface area contributed by atoms with Gasteiger partial charge in [0.25, 0.3) is 0 Å². The van der Waals surface area contributed by atoms with E-state index in [2.05, 4.69) is 5.32 Å². The molecule has 0 aliphatic heterocycles. The van der Waals surface area contributed by atoms with Crippen molar-refractivity contribution in [3.63, 3.8) is 0 Å². The van der Waals surface area contributed by atoms with Gasteiger partial charge in [-0.2, -0.15) is 0 Å². The molecule has 0 aliphatic carbocycles. The van der Waals surface area contributed by atoms with Gasteiger partial charge in [-0.15, -0.1) is 0 Å². The van der Waals surface area contributed by atoms with Gasteiger partial charge >= 0.3 is 0 Å². The van der Waals surface area contributed by atoms with Crippen molar-refractivity contribution >= 4 is 27.5 Å². The van der Waals surface area contributed by atoms with Crippen LogP contribution >= 0.6 is 0 Å². The summed E-state index contributed by atoms with van der Waals surface area (Å²) in [6.45, 7) is 6.96. The Balaban J connectivity index is 2.47. The number of nitrogens with one attached hydrogen (secondary N) is 1.